The number of nitrogens with zero attached hydrogens (tertiary/aromatic N) is 1. The second-order valence-corrected chi connectivity index (χ2v) is 9.57. The highest BCUT2D eigenvalue weighted by molar-refractivity contribution is 7.85. The van der Waals surface area contributed by atoms with E-state index in [9.17, 15) is 13.2 Å². The maximum atomic E-state index is 11.9. The summed E-state index contributed by atoms with van der Waals surface area (Å²) >= 11 is 0. The van der Waals surface area contributed by atoms with E-state index < -0.39 is 10.1 Å². The van der Waals surface area contributed by atoms with Crippen LogP contribution in [-0.4, -0.2) is 32.9 Å². The Bertz CT molecular complexity index is 1200. The Balaban J connectivity index is 1.49. The molecule has 4 rings (SSSR count). The topological polar surface area (TPSA) is 105 Å². The zero-order valence-corrected chi connectivity index (χ0v) is 19.2. The van der Waals surface area contributed by atoms with Gasteiger partial charge in [-0.05, 0) is 47.2 Å². The van der Waals surface area contributed by atoms with E-state index in [2.05, 4.69) is 5.16 Å². The van der Waals surface area contributed by atoms with Crippen molar-refractivity contribution >= 4 is 16.1 Å². The minimum atomic E-state index is -3.51. The maximum Gasteiger partial charge on any atom is 0.306 e. The molecule has 0 saturated carbocycles. The van der Waals surface area contributed by atoms with E-state index in [0.717, 1.165) is 41.4 Å². The summed E-state index contributed by atoms with van der Waals surface area (Å²) in [5, 5.41) is 3.99. The number of hydrogen-bond donors (Lipinski definition) is 0. The number of carbonyl (C=O) groups excluding carboxylic acids is 1. The summed E-state index contributed by atoms with van der Waals surface area (Å²) in [7, 11) is -2.15. The van der Waals surface area contributed by atoms with Crippen LogP contribution in [0.2, 0.25) is 0 Å². The summed E-state index contributed by atoms with van der Waals surface area (Å²) in [6.07, 6.45) is 4.11. The lowest BCUT2D eigenvalue weighted by atomic mass is 9.92. The Morgan fingerprint density at radius 3 is 2.64 bits per heavy atom. The van der Waals surface area contributed by atoms with Gasteiger partial charge < -0.3 is 14.0 Å². The fraction of sp³-hybridized carbons (Fsp3) is 0.333. The molecule has 3 aromatic rings. The molecule has 0 fully saturated rings. The van der Waals surface area contributed by atoms with Gasteiger partial charge in [-0.3, -0.25) is 8.98 Å². The molecule has 8 nitrogen and oxygen atoms in total. The van der Waals surface area contributed by atoms with E-state index in [4.69, 9.17) is 18.2 Å². The Labute approximate surface area is 192 Å². The van der Waals surface area contributed by atoms with Gasteiger partial charge in [0.05, 0.1) is 32.1 Å². The molecule has 1 heterocycles. The first-order valence-corrected chi connectivity index (χ1v) is 12.3. The molecule has 1 aliphatic rings. The van der Waals surface area contributed by atoms with Crippen molar-refractivity contribution in [2.24, 2.45) is 0 Å². The van der Waals surface area contributed by atoms with Gasteiger partial charge in [-0.2, -0.15) is 8.42 Å². The minimum absolute atomic E-state index is 0.0209. The first kappa shape index (κ1) is 23.0. The smallest absolute Gasteiger partial charge is 0.306 e. The van der Waals surface area contributed by atoms with Crippen LogP contribution in [0.3, 0.4) is 0 Å². The zero-order valence-electron chi connectivity index (χ0n) is 18.4. The molecule has 1 aromatic heterocycles. The van der Waals surface area contributed by atoms with E-state index in [-0.39, 0.29) is 31.0 Å². The summed E-state index contributed by atoms with van der Waals surface area (Å²) in [5.74, 6) is 0.0859. The molecule has 2 atom stereocenters. The molecule has 33 heavy (non-hydrogen) atoms. The number of aromatic nitrogens is 1. The van der Waals surface area contributed by atoms with E-state index in [1.54, 1.807) is 6.07 Å². The van der Waals surface area contributed by atoms with Gasteiger partial charge in [-0.1, -0.05) is 35.5 Å². The third kappa shape index (κ3) is 5.61. The molecule has 9 heteroatoms. The highest BCUT2D eigenvalue weighted by atomic mass is 32.2. The number of benzene rings is 2. The van der Waals surface area contributed by atoms with E-state index in [1.165, 1.54) is 13.4 Å². The molecule has 0 amide bonds. The van der Waals surface area contributed by atoms with E-state index in [0.29, 0.717) is 11.4 Å². The molecule has 1 aliphatic carbocycles. The summed E-state index contributed by atoms with van der Waals surface area (Å²) in [6.45, 7) is 0.0209. The second-order valence-electron chi connectivity index (χ2n) is 7.92. The molecule has 0 bridgehead atoms. The van der Waals surface area contributed by atoms with Gasteiger partial charge >= 0.3 is 5.97 Å². The summed E-state index contributed by atoms with van der Waals surface area (Å²) < 4.78 is 43.7. The molecule has 0 saturated heterocycles. The normalized spacial score (nSPS) is 16.2. The number of carbonyl (C=O) groups is 1. The summed E-state index contributed by atoms with van der Waals surface area (Å²) in [6, 6.07) is 15.1. The standard InChI is InChI=1S/C24H25NO7S/c1-29-24(26)14-21(22-12-13-30-25-22)16-6-8-18(9-7-16)32-23-11-10-19-17(4-3-5-20(19)23)15-31-33(2,27)28/h3-9,12-13,21,23H,10-11,14-15H2,1-2H3/t21-,23+/m0/s1. The Morgan fingerprint density at radius 1 is 1.18 bits per heavy atom. The van der Waals surface area contributed by atoms with Crippen LogP contribution in [-0.2, 0) is 36.9 Å². The largest absolute Gasteiger partial charge is 0.486 e. The minimum Gasteiger partial charge on any atom is -0.486 e. The van der Waals surface area contributed by atoms with Crippen LogP contribution >= 0.6 is 0 Å². The lowest BCUT2D eigenvalue weighted by Crippen LogP contribution is -2.10. The van der Waals surface area contributed by atoms with Crippen LogP contribution < -0.4 is 4.74 Å². The number of fused-ring (bicyclic) bond motifs is 1. The number of rotatable bonds is 9. The van der Waals surface area contributed by atoms with E-state index in [1.807, 2.05) is 42.5 Å². The molecule has 2 aromatic carbocycles. The Kier molecular flexibility index (Phi) is 6.80. The summed E-state index contributed by atoms with van der Waals surface area (Å²) in [5.41, 5.74) is 4.53. The monoisotopic (exact) mass is 471 g/mol. The van der Waals surface area contributed by atoms with Crippen molar-refractivity contribution < 1.29 is 31.4 Å². The molecule has 0 aliphatic heterocycles. The SMILES string of the molecule is COC(=O)C[C@@H](c1ccc(O[C@@H]2CCc3c(COS(C)(=O)=O)cccc32)cc1)c1ccon1. The molecule has 0 unspecified atom stereocenters. The van der Waals surface area contributed by atoms with Crippen LogP contribution in [0.25, 0.3) is 0 Å². The number of esters is 1. The van der Waals surface area contributed by atoms with Crippen molar-refractivity contribution in [2.75, 3.05) is 13.4 Å². The molecule has 174 valence electrons. The van der Waals surface area contributed by atoms with Crippen molar-refractivity contribution in [2.45, 2.75) is 37.9 Å². The van der Waals surface area contributed by atoms with Crippen molar-refractivity contribution in [3.8, 4) is 5.75 Å². The zero-order chi connectivity index (χ0) is 23.4. The van der Waals surface area contributed by atoms with Crippen molar-refractivity contribution in [3.63, 3.8) is 0 Å². The fourth-order valence-electron chi connectivity index (χ4n) is 4.11. The predicted octanol–water partition coefficient (Wildman–Crippen LogP) is 3.91. The van der Waals surface area contributed by atoms with Gasteiger partial charge in [0, 0.05) is 12.0 Å². The third-order valence-electron chi connectivity index (χ3n) is 5.72. The van der Waals surface area contributed by atoms with Gasteiger partial charge in [0.2, 0.25) is 0 Å². The molecular weight excluding hydrogens is 446 g/mol. The van der Waals surface area contributed by atoms with Gasteiger partial charge in [0.15, 0.2) is 0 Å². The van der Waals surface area contributed by atoms with Crippen molar-refractivity contribution in [3.05, 3.63) is 82.7 Å². The third-order valence-corrected chi connectivity index (χ3v) is 6.26. The van der Waals surface area contributed by atoms with Crippen LogP contribution in [0.5, 0.6) is 5.75 Å². The number of ether oxygens (including phenoxy) is 2. The quantitative estimate of drug-likeness (QED) is 0.342. The van der Waals surface area contributed by atoms with Gasteiger partial charge in [0.1, 0.15) is 18.1 Å². The predicted molar refractivity (Wildman–Crippen MR) is 119 cm³/mol. The average Bonchev–Trinajstić information content (AvgIpc) is 3.47. The average molecular weight is 472 g/mol. The highest BCUT2D eigenvalue weighted by Crippen LogP contribution is 2.37. The first-order chi connectivity index (χ1) is 15.8. The fourth-order valence-corrected chi connectivity index (χ4v) is 4.45. The molecular formula is C24H25NO7S. The highest BCUT2D eigenvalue weighted by Gasteiger charge is 2.27. The Hall–Kier alpha value is -3.17. The van der Waals surface area contributed by atoms with Crippen molar-refractivity contribution in [1.29, 1.82) is 0 Å². The Morgan fingerprint density at radius 2 is 1.97 bits per heavy atom. The van der Waals surface area contributed by atoms with Crippen molar-refractivity contribution in [1.82, 2.24) is 5.16 Å². The lowest BCUT2D eigenvalue weighted by Gasteiger charge is -2.17. The number of hydrogen-bond acceptors (Lipinski definition) is 8. The van der Waals surface area contributed by atoms with Crippen LogP contribution in [0.4, 0.5) is 0 Å². The second kappa shape index (κ2) is 9.76. The molecule has 0 N–H and O–H groups in total. The molecule has 0 spiro atoms. The number of methoxy groups -OCH3 is 1. The molecule has 0 radical (unpaired) electrons. The van der Waals surface area contributed by atoms with Gasteiger partial charge in [0.25, 0.3) is 10.1 Å². The maximum absolute atomic E-state index is 11.9. The van der Waals surface area contributed by atoms with Gasteiger partial charge in [-0.25, -0.2) is 0 Å². The first-order valence-electron chi connectivity index (χ1n) is 10.5. The lowest BCUT2D eigenvalue weighted by molar-refractivity contribution is -0.140. The van der Waals surface area contributed by atoms with Crippen LogP contribution in [0.15, 0.2) is 59.3 Å². The van der Waals surface area contributed by atoms with Crippen LogP contribution in [0.1, 0.15) is 52.8 Å². The van der Waals surface area contributed by atoms with Crippen LogP contribution in [0, 0.1) is 0 Å². The summed E-state index contributed by atoms with van der Waals surface area (Å²) in [4.78, 5) is 11.9. The van der Waals surface area contributed by atoms with E-state index >= 15 is 0 Å². The van der Waals surface area contributed by atoms with Gasteiger partial charge in [-0.15, -0.1) is 0 Å².